The number of hydrogen-bond donors (Lipinski definition) is 0. The molecule has 0 atom stereocenters. The van der Waals surface area contributed by atoms with Crippen molar-refractivity contribution in [2.24, 2.45) is 0 Å². The maximum absolute atomic E-state index is 5.43. The Kier molecular flexibility index (Phi) is 19.3. The molecule has 9 nitrogen and oxygen atoms in total. The summed E-state index contributed by atoms with van der Waals surface area (Å²) in [7, 11) is 0. The molecule has 0 unspecified atom stereocenters. The van der Waals surface area contributed by atoms with E-state index < -0.39 is 0 Å². The van der Waals surface area contributed by atoms with E-state index in [1.54, 1.807) is 0 Å². The highest BCUT2D eigenvalue weighted by Crippen LogP contribution is 2.48. The summed E-state index contributed by atoms with van der Waals surface area (Å²) in [4.78, 5) is 32.1. The highest BCUT2D eigenvalue weighted by Gasteiger charge is 2.26. The molecule has 0 radical (unpaired) electrons. The SMILES string of the molecule is c1ccc(-c2cccc(-c3cccc(-c4nc(-n5c6ccccc6c6ccccc65)c5ccc6c7ccccc7sc6c5n4)c3)c2)cc1.c1ccc(-c2cccc(-c3nc(-c4ccc5c(c4)c4ccccc4n5-c4ccccc4)c4ccc5c6ccccc6sc5c4n3)c2)cc1.c1ccc(-c2nc(-c3ccc4c(c3)c3ccccc3n4-c3ccccc3)nc3c2ccc2c4ccccc4sc23)cc1. The Balaban J connectivity index is 0.000000105. The van der Waals surface area contributed by atoms with Gasteiger partial charge >= 0.3 is 0 Å². The minimum absolute atomic E-state index is 0.713. The van der Waals surface area contributed by atoms with Gasteiger partial charge in [-0.3, -0.25) is 4.57 Å². The average Bonchev–Trinajstić information content (AvgIpc) is 1.55. The summed E-state index contributed by atoms with van der Waals surface area (Å²) < 4.78 is 14.4. The first-order chi connectivity index (χ1) is 68.4. The lowest BCUT2D eigenvalue weighted by atomic mass is 9.98. The number of fused-ring (bicyclic) bond motifs is 24. The molecule has 0 saturated carbocycles. The van der Waals surface area contributed by atoms with Crippen molar-refractivity contribution in [1.29, 1.82) is 0 Å². The lowest BCUT2D eigenvalue weighted by molar-refractivity contribution is 1.08. The van der Waals surface area contributed by atoms with Gasteiger partial charge in [0.25, 0.3) is 0 Å². The van der Waals surface area contributed by atoms with Crippen LogP contribution in [0, 0.1) is 0 Å². The molecule has 9 aromatic heterocycles. The smallest absolute Gasteiger partial charge is 0.162 e. The monoisotopic (exact) mass is 1810 g/mol. The molecule has 0 fully saturated rings. The van der Waals surface area contributed by atoms with Gasteiger partial charge in [0, 0.05) is 134 Å². The van der Waals surface area contributed by atoms with Gasteiger partial charge in [-0.25, -0.2) is 29.9 Å². The summed E-state index contributed by atoms with van der Waals surface area (Å²) in [6.07, 6.45) is 0. The number of aromatic nitrogens is 9. The summed E-state index contributed by atoms with van der Waals surface area (Å²) in [6, 6.07) is 166. The molecular weight excluding hydrogens is 1740 g/mol. The van der Waals surface area contributed by atoms with Crippen LogP contribution in [0.3, 0.4) is 0 Å². The molecule has 0 bridgehead atoms. The quantitative estimate of drug-likeness (QED) is 0.128. The molecule has 0 saturated heterocycles. The molecule has 0 aliphatic rings. The summed E-state index contributed by atoms with van der Waals surface area (Å²) in [5.74, 6) is 3.07. The van der Waals surface area contributed by atoms with Crippen molar-refractivity contribution >= 4 is 193 Å². The van der Waals surface area contributed by atoms with E-state index >= 15 is 0 Å². The van der Waals surface area contributed by atoms with E-state index in [0.29, 0.717) is 5.82 Å². The van der Waals surface area contributed by atoms with E-state index in [1.165, 1.54) is 132 Å². The third-order valence-electron chi connectivity index (χ3n) is 27.0. The van der Waals surface area contributed by atoms with Gasteiger partial charge in [-0.2, -0.15) is 0 Å². The van der Waals surface area contributed by atoms with Crippen LogP contribution >= 0.6 is 34.0 Å². The Labute approximate surface area is 804 Å². The molecule has 0 N–H and O–H groups in total. The van der Waals surface area contributed by atoms with Crippen molar-refractivity contribution in [3.8, 4) is 107 Å². The van der Waals surface area contributed by atoms with Crippen molar-refractivity contribution in [2.45, 2.75) is 0 Å². The zero-order chi connectivity index (χ0) is 90.8. The van der Waals surface area contributed by atoms with Gasteiger partial charge in [0.05, 0.1) is 75.1 Å². The highest BCUT2D eigenvalue weighted by molar-refractivity contribution is 7.27. The standard InChI is InChI=1S/2C44H27N3S.C38H23N3S/c1-3-12-28(13-4-1)29-14-11-15-31(26-29)44-45-41(36-24-23-35-34-19-8-10-21-40(34)48-43(35)42(36)46-44)30-22-25-39-37(27-30)33-18-7-9-20-38(33)47(39)32-16-5-2-6-17-32;1-2-12-28(13-3-1)29-14-10-15-30(26-29)31-16-11-17-32(27-31)43-45-41-37(25-24-36-35-20-6-9-23-40(35)48-42(36)41)44(46-43)47-38-21-7-4-18-33(38)34-19-5-8-22-39(34)47;1-3-11-24(12-4-1)35-30-21-20-29-28-16-8-10-18-34(28)42-37(29)36(30)40-38(39-35)25-19-22-33-31(23-25)27-15-7-9-17-32(27)41(33)26-13-5-2-6-14-26/h2*1-27H;1-23H. The fraction of sp³-hybridized carbons (Fsp3) is 0. The molecule has 0 spiro atoms. The third kappa shape index (κ3) is 13.6. The van der Waals surface area contributed by atoms with Crippen LogP contribution in [0.15, 0.2) is 467 Å². The van der Waals surface area contributed by atoms with E-state index in [1.807, 2.05) is 34.0 Å². The first-order valence-corrected chi connectivity index (χ1v) is 48.9. The van der Waals surface area contributed by atoms with E-state index in [2.05, 4.69) is 481 Å². The summed E-state index contributed by atoms with van der Waals surface area (Å²) in [5, 5.41) is 17.9. The van der Waals surface area contributed by atoms with Gasteiger partial charge in [-0.05, 0) is 167 Å². The zero-order valence-corrected chi connectivity index (χ0v) is 76.7. The topological polar surface area (TPSA) is 92.1 Å². The molecule has 9 heterocycles. The van der Waals surface area contributed by atoms with Crippen molar-refractivity contribution < 1.29 is 0 Å². The molecule has 0 aliphatic heterocycles. The number of nitrogens with zero attached hydrogens (tertiary/aromatic N) is 9. The molecule has 0 amide bonds. The van der Waals surface area contributed by atoms with Crippen LogP contribution in [0.2, 0.25) is 0 Å². The Morgan fingerprint density at radius 3 is 0.855 bits per heavy atom. The van der Waals surface area contributed by atoms with Gasteiger partial charge in [0.15, 0.2) is 17.5 Å². The number of rotatable bonds is 11. The molecule has 138 heavy (non-hydrogen) atoms. The van der Waals surface area contributed by atoms with Crippen LogP contribution in [0.5, 0.6) is 0 Å². The number of thiophene rings is 3. The van der Waals surface area contributed by atoms with Crippen molar-refractivity contribution in [1.82, 2.24) is 43.6 Å². The summed E-state index contributed by atoms with van der Waals surface area (Å²) in [6.45, 7) is 0. The van der Waals surface area contributed by atoms with Crippen molar-refractivity contribution in [2.75, 3.05) is 0 Å². The average molecular weight is 1810 g/mol. The summed E-state index contributed by atoms with van der Waals surface area (Å²) in [5.41, 5.74) is 26.3. The molecule has 0 aliphatic carbocycles. The van der Waals surface area contributed by atoms with Crippen LogP contribution < -0.4 is 0 Å². The van der Waals surface area contributed by atoms with Crippen molar-refractivity contribution in [3.63, 3.8) is 0 Å². The molecule has 29 aromatic rings. The Morgan fingerprint density at radius 1 is 0.152 bits per heavy atom. The molecule has 12 heteroatoms. The normalized spacial score (nSPS) is 11.8. The first-order valence-electron chi connectivity index (χ1n) is 46.4. The largest absolute Gasteiger partial charge is 0.309 e. The Hall–Kier alpha value is -17.5. The van der Waals surface area contributed by atoms with Crippen LogP contribution in [-0.4, -0.2) is 43.6 Å². The fourth-order valence-corrected chi connectivity index (χ4v) is 24.2. The van der Waals surface area contributed by atoms with E-state index in [4.69, 9.17) is 29.9 Å². The number of hydrogen-bond acceptors (Lipinski definition) is 9. The molecule has 644 valence electrons. The maximum atomic E-state index is 5.43. The van der Waals surface area contributed by atoms with Crippen LogP contribution in [0.25, 0.3) is 266 Å². The van der Waals surface area contributed by atoms with Crippen LogP contribution in [0.1, 0.15) is 0 Å². The second kappa shape index (κ2) is 33.3. The van der Waals surface area contributed by atoms with Gasteiger partial charge in [-0.1, -0.05) is 334 Å². The molecule has 20 aromatic carbocycles. The summed E-state index contributed by atoms with van der Waals surface area (Å²) >= 11 is 5.43. The second-order valence-corrected chi connectivity index (χ2v) is 38.2. The highest BCUT2D eigenvalue weighted by atomic mass is 32.1. The maximum Gasteiger partial charge on any atom is 0.162 e. The second-order valence-electron chi connectivity index (χ2n) is 35.0. The molecular formula is C126H77N9S3. The van der Waals surface area contributed by atoms with Gasteiger partial charge in [0.2, 0.25) is 0 Å². The van der Waals surface area contributed by atoms with Gasteiger partial charge < -0.3 is 9.13 Å². The predicted octanol–water partition coefficient (Wildman–Crippen LogP) is 34.6. The van der Waals surface area contributed by atoms with E-state index in [-0.39, 0.29) is 0 Å². The van der Waals surface area contributed by atoms with Crippen LogP contribution in [-0.2, 0) is 0 Å². The first kappa shape index (κ1) is 80.2. The van der Waals surface area contributed by atoms with E-state index in [0.717, 1.165) is 128 Å². The minimum Gasteiger partial charge on any atom is -0.309 e. The fourth-order valence-electron chi connectivity index (χ4n) is 20.6. The number of benzene rings is 20. The Bertz CT molecular complexity index is 9880. The van der Waals surface area contributed by atoms with E-state index in [9.17, 15) is 0 Å². The third-order valence-corrected chi connectivity index (χ3v) is 30.6. The van der Waals surface area contributed by atoms with Gasteiger partial charge in [-0.15, -0.1) is 34.0 Å². The Morgan fingerprint density at radius 2 is 0.428 bits per heavy atom. The van der Waals surface area contributed by atoms with Gasteiger partial charge in [0.1, 0.15) is 5.82 Å². The predicted molar refractivity (Wildman–Crippen MR) is 584 cm³/mol. The number of para-hydroxylation sites is 6. The minimum atomic E-state index is 0.713. The van der Waals surface area contributed by atoms with Crippen LogP contribution in [0.4, 0.5) is 0 Å². The molecule has 29 rings (SSSR count). The zero-order valence-electron chi connectivity index (χ0n) is 74.2. The van der Waals surface area contributed by atoms with Crippen molar-refractivity contribution in [3.05, 3.63) is 467 Å². The lowest BCUT2D eigenvalue weighted by Crippen LogP contribution is -2.03. The lowest BCUT2D eigenvalue weighted by Gasteiger charge is -2.14.